The number of anilines is 1. The Kier molecular flexibility index (Phi) is 4.42. The van der Waals surface area contributed by atoms with E-state index in [1.807, 2.05) is 6.07 Å². The second-order valence-electron chi connectivity index (χ2n) is 4.22. The third kappa shape index (κ3) is 3.37. The molecule has 2 rings (SSSR count). The summed E-state index contributed by atoms with van der Waals surface area (Å²) in [6, 6.07) is 6.35. The maximum absolute atomic E-state index is 10.7. The molecule has 0 saturated carbocycles. The van der Waals surface area contributed by atoms with Gasteiger partial charge in [-0.25, -0.2) is 4.98 Å². The van der Waals surface area contributed by atoms with E-state index in [1.165, 1.54) is 12.1 Å². The Hall–Kier alpha value is -1.85. The van der Waals surface area contributed by atoms with Crippen LogP contribution in [0.2, 0.25) is 10.2 Å². The number of aryl methyl sites for hydroxylation is 1. The molecular formula is C13H11Cl2N3O2. The number of nitrogens with one attached hydrogen (secondary N) is 1. The van der Waals surface area contributed by atoms with Gasteiger partial charge in [-0.05, 0) is 24.1 Å². The van der Waals surface area contributed by atoms with Gasteiger partial charge in [-0.15, -0.1) is 0 Å². The van der Waals surface area contributed by atoms with E-state index in [0.29, 0.717) is 28.0 Å². The van der Waals surface area contributed by atoms with Gasteiger partial charge in [-0.2, -0.15) is 0 Å². The lowest BCUT2D eigenvalue weighted by molar-refractivity contribution is -0.384. The zero-order valence-electron chi connectivity index (χ0n) is 10.6. The molecule has 1 aromatic carbocycles. The van der Waals surface area contributed by atoms with Crippen LogP contribution >= 0.6 is 23.2 Å². The van der Waals surface area contributed by atoms with E-state index in [2.05, 4.69) is 10.3 Å². The summed E-state index contributed by atoms with van der Waals surface area (Å²) >= 11 is 11.8. The Morgan fingerprint density at radius 2 is 2.10 bits per heavy atom. The molecule has 0 saturated heterocycles. The van der Waals surface area contributed by atoms with E-state index in [4.69, 9.17) is 23.2 Å². The molecule has 20 heavy (non-hydrogen) atoms. The lowest BCUT2D eigenvalue weighted by Crippen LogP contribution is -2.03. The fraction of sp³-hybridized carbons (Fsp3) is 0.154. The minimum Gasteiger partial charge on any atom is -0.379 e. The van der Waals surface area contributed by atoms with E-state index >= 15 is 0 Å². The van der Waals surface area contributed by atoms with Gasteiger partial charge in [0.05, 0.1) is 15.6 Å². The van der Waals surface area contributed by atoms with Crippen LogP contribution in [-0.4, -0.2) is 9.91 Å². The number of hydrogen-bond donors (Lipinski definition) is 1. The van der Waals surface area contributed by atoms with Crippen molar-refractivity contribution in [1.82, 2.24) is 4.98 Å². The molecule has 0 aliphatic rings. The van der Waals surface area contributed by atoms with Gasteiger partial charge in [0.1, 0.15) is 5.15 Å². The quantitative estimate of drug-likeness (QED) is 0.521. The van der Waals surface area contributed by atoms with Crippen molar-refractivity contribution < 1.29 is 4.92 Å². The highest BCUT2D eigenvalue weighted by Crippen LogP contribution is 2.31. The maximum Gasteiger partial charge on any atom is 0.271 e. The molecule has 0 radical (unpaired) electrons. The maximum atomic E-state index is 10.7. The Morgan fingerprint density at radius 3 is 2.65 bits per heavy atom. The van der Waals surface area contributed by atoms with Gasteiger partial charge in [0.15, 0.2) is 0 Å². The third-order valence-electron chi connectivity index (χ3n) is 2.74. The van der Waals surface area contributed by atoms with E-state index < -0.39 is 4.92 Å². The van der Waals surface area contributed by atoms with Crippen LogP contribution in [0.1, 0.15) is 11.1 Å². The van der Waals surface area contributed by atoms with Gasteiger partial charge in [0.25, 0.3) is 5.69 Å². The fourth-order valence-electron chi connectivity index (χ4n) is 1.76. The molecule has 104 valence electrons. The van der Waals surface area contributed by atoms with Crippen molar-refractivity contribution in [2.24, 2.45) is 0 Å². The Bertz CT molecular complexity index is 622. The topological polar surface area (TPSA) is 68.1 Å². The average Bonchev–Trinajstić information content (AvgIpc) is 2.39. The SMILES string of the molecule is Cc1cc([N+](=O)[O-])cc(Cl)c1NCc1ccc(Cl)nc1. The monoisotopic (exact) mass is 311 g/mol. The molecule has 0 bridgehead atoms. The van der Waals surface area contributed by atoms with Crippen LogP contribution in [-0.2, 0) is 6.54 Å². The fourth-order valence-corrected chi connectivity index (χ4v) is 2.20. The van der Waals surface area contributed by atoms with E-state index in [9.17, 15) is 10.1 Å². The number of nitrogens with zero attached hydrogens (tertiary/aromatic N) is 2. The smallest absolute Gasteiger partial charge is 0.271 e. The van der Waals surface area contributed by atoms with Gasteiger partial charge in [-0.3, -0.25) is 10.1 Å². The number of non-ortho nitro benzene ring substituents is 1. The largest absolute Gasteiger partial charge is 0.379 e. The van der Waals surface area contributed by atoms with Crippen LogP contribution in [0.25, 0.3) is 0 Å². The summed E-state index contributed by atoms with van der Waals surface area (Å²) in [6.45, 7) is 2.27. The number of hydrogen-bond acceptors (Lipinski definition) is 4. The lowest BCUT2D eigenvalue weighted by Gasteiger charge is -2.11. The lowest BCUT2D eigenvalue weighted by atomic mass is 10.1. The molecule has 7 heteroatoms. The number of nitro groups is 1. The molecule has 1 N–H and O–H groups in total. The Labute approximate surface area is 125 Å². The summed E-state index contributed by atoms with van der Waals surface area (Å²) in [4.78, 5) is 14.2. The molecule has 0 fully saturated rings. The van der Waals surface area contributed by atoms with Crippen LogP contribution in [0.15, 0.2) is 30.5 Å². The second-order valence-corrected chi connectivity index (χ2v) is 5.01. The summed E-state index contributed by atoms with van der Waals surface area (Å²) in [5.74, 6) is 0. The van der Waals surface area contributed by atoms with Crippen molar-refractivity contribution in [3.63, 3.8) is 0 Å². The zero-order chi connectivity index (χ0) is 14.7. The summed E-state index contributed by atoms with van der Waals surface area (Å²) in [6.07, 6.45) is 1.66. The predicted molar refractivity (Wildman–Crippen MR) is 79.4 cm³/mol. The highest BCUT2D eigenvalue weighted by Gasteiger charge is 2.13. The molecule has 0 atom stereocenters. The minimum atomic E-state index is -0.466. The Balaban J connectivity index is 2.17. The molecule has 0 amide bonds. The summed E-state index contributed by atoms with van der Waals surface area (Å²) in [7, 11) is 0. The third-order valence-corrected chi connectivity index (χ3v) is 3.26. The molecule has 0 spiro atoms. The number of halogens is 2. The highest BCUT2D eigenvalue weighted by molar-refractivity contribution is 6.33. The second kappa shape index (κ2) is 6.07. The summed E-state index contributed by atoms with van der Waals surface area (Å²) in [5, 5.41) is 14.6. The summed E-state index contributed by atoms with van der Waals surface area (Å²) in [5.41, 5.74) is 2.30. The predicted octanol–water partition coefficient (Wildman–Crippen LogP) is 4.22. The van der Waals surface area contributed by atoms with Crippen LogP contribution < -0.4 is 5.32 Å². The number of rotatable bonds is 4. The van der Waals surface area contributed by atoms with Crippen molar-refractivity contribution in [1.29, 1.82) is 0 Å². The molecule has 0 aliphatic heterocycles. The van der Waals surface area contributed by atoms with Crippen molar-refractivity contribution in [3.05, 3.63) is 61.9 Å². The first-order chi connectivity index (χ1) is 9.47. The van der Waals surface area contributed by atoms with Crippen LogP contribution in [0, 0.1) is 17.0 Å². The number of benzene rings is 1. The van der Waals surface area contributed by atoms with Crippen LogP contribution in [0.3, 0.4) is 0 Å². The van der Waals surface area contributed by atoms with Crippen LogP contribution in [0.5, 0.6) is 0 Å². The van der Waals surface area contributed by atoms with Gasteiger partial charge in [0.2, 0.25) is 0 Å². The highest BCUT2D eigenvalue weighted by atomic mass is 35.5. The normalized spacial score (nSPS) is 10.3. The van der Waals surface area contributed by atoms with Crippen molar-refractivity contribution >= 4 is 34.6 Å². The molecule has 1 aromatic heterocycles. The van der Waals surface area contributed by atoms with E-state index in [1.54, 1.807) is 19.2 Å². The van der Waals surface area contributed by atoms with E-state index in [-0.39, 0.29) is 5.69 Å². The summed E-state index contributed by atoms with van der Waals surface area (Å²) < 4.78 is 0. The number of aromatic nitrogens is 1. The van der Waals surface area contributed by atoms with Crippen LogP contribution in [0.4, 0.5) is 11.4 Å². The number of nitro benzene ring substituents is 1. The molecule has 0 aliphatic carbocycles. The van der Waals surface area contributed by atoms with Gasteiger partial charge in [0, 0.05) is 24.9 Å². The number of pyridine rings is 1. The first-order valence-electron chi connectivity index (χ1n) is 5.76. The van der Waals surface area contributed by atoms with Crippen molar-refractivity contribution in [3.8, 4) is 0 Å². The molecule has 5 nitrogen and oxygen atoms in total. The molecule has 2 aromatic rings. The first-order valence-corrected chi connectivity index (χ1v) is 6.52. The van der Waals surface area contributed by atoms with Gasteiger partial charge < -0.3 is 5.32 Å². The standard InChI is InChI=1S/C13H11Cl2N3O2/c1-8-4-10(18(19)20)5-11(14)13(8)17-7-9-2-3-12(15)16-6-9/h2-6,17H,7H2,1H3. The van der Waals surface area contributed by atoms with Gasteiger partial charge in [-0.1, -0.05) is 29.3 Å². The molecular weight excluding hydrogens is 301 g/mol. The van der Waals surface area contributed by atoms with E-state index in [0.717, 1.165) is 5.56 Å². The van der Waals surface area contributed by atoms with Gasteiger partial charge >= 0.3 is 0 Å². The minimum absolute atomic E-state index is 0.0220. The molecule has 1 heterocycles. The first kappa shape index (κ1) is 14.6. The molecule has 0 unspecified atom stereocenters. The van der Waals surface area contributed by atoms with Crippen molar-refractivity contribution in [2.45, 2.75) is 13.5 Å². The Morgan fingerprint density at radius 1 is 1.35 bits per heavy atom. The van der Waals surface area contributed by atoms with Crippen molar-refractivity contribution in [2.75, 3.05) is 5.32 Å². The zero-order valence-corrected chi connectivity index (χ0v) is 12.1. The average molecular weight is 312 g/mol.